The number of amides is 1. The second-order valence-electron chi connectivity index (χ2n) is 2.16. The van der Waals surface area contributed by atoms with Crippen molar-refractivity contribution in [3.63, 3.8) is 0 Å². The number of nitrogens with two attached hydrogens (primary N) is 3. The SMILES string of the molecule is NC(=O)CCC(N)C(N)O. The van der Waals surface area contributed by atoms with Crippen LogP contribution in [0.2, 0.25) is 0 Å². The molecule has 2 atom stereocenters. The molecule has 0 saturated heterocycles. The van der Waals surface area contributed by atoms with E-state index in [1.54, 1.807) is 0 Å². The van der Waals surface area contributed by atoms with E-state index in [-0.39, 0.29) is 6.42 Å². The van der Waals surface area contributed by atoms with E-state index in [2.05, 4.69) is 0 Å². The lowest BCUT2D eigenvalue weighted by molar-refractivity contribution is -0.118. The molecule has 0 aliphatic heterocycles. The Morgan fingerprint density at radius 1 is 1.50 bits per heavy atom. The first kappa shape index (κ1) is 9.35. The molecule has 0 rings (SSSR count). The first-order valence-corrected chi connectivity index (χ1v) is 3.01. The van der Waals surface area contributed by atoms with E-state index in [0.717, 1.165) is 0 Å². The Kier molecular flexibility index (Phi) is 3.94. The van der Waals surface area contributed by atoms with Gasteiger partial charge in [-0.15, -0.1) is 0 Å². The molecule has 1 amide bonds. The van der Waals surface area contributed by atoms with E-state index in [0.29, 0.717) is 6.42 Å². The van der Waals surface area contributed by atoms with Crippen molar-refractivity contribution in [2.75, 3.05) is 0 Å². The standard InChI is InChI=1S/C5H13N3O2/c6-3(5(8)10)1-2-4(7)9/h3,5,10H,1-2,6,8H2,(H2,7,9). The molecule has 60 valence electrons. The van der Waals surface area contributed by atoms with Gasteiger partial charge < -0.3 is 22.3 Å². The number of carbonyl (C=O) groups is 1. The molecule has 10 heavy (non-hydrogen) atoms. The van der Waals surface area contributed by atoms with Crippen LogP contribution in [0.25, 0.3) is 0 Å². The minimum absolute atomic E-state index is 0.162. The third-order valence-electron chi connectivity index (χ3n) is 1.16. The van der Waals surface area contributed by atoms with Crippen LogP contribution in [0.15, 0.2) is 0 Å². The molecule has 5 nitrogen and oxygen atoms in total. The Bertz CT molecular complexity index is 115. The monoisotopic (exact) mass is 147 g/mol. The highest BCUT2D eigenvalue weighted by Gasteiger charge is 2.09. The minimum atomic E-state index is -1.07. The molecule has 0 bridgehead atoms. The molecule has 0 saturated carbocycles. The summed E-state index contributed by atoms with van der Waals surface area (Å²) >= 11 is 0. The fourth-order valence-corrected chi connectivity index (χ4v) is 0.480. The average Bonchev–Trinajstić information content (AvgIpc) is 1.82. The van der Waals surface area contributed by atoms with Gasteiger partial charge in [0.1, 0.15) is 6.23 Å². The Balaban J connectivity index is 3.39. The van der Waals surface area contributed by atoms with Crippen molar-refractivity contribution in [3.8, 4) is 0 Å². The summed E-state index contributed by atoms with van der Waals surface area (Å²) < 4.78 is 0. The molecular formula is C5H13N3O2. The van der Waals surface area contributed by atoms with Gasteiger partial charge in [0.2, 0.25) is 5.91 Å². The fourth-order valence-electron chi connectivity index (χ4n) is 0.480. The van der Waals surface area contributed by atoms with Gasteiger partial charge in [0.15, 0.2) is 0 Å². The predicted molar refractivity (Wildman–Crippen MR) is 36.6 cm³/mol. The largest absolute Gasteiger partial charge is 0.377 e. The molecular weight excluding hydrogens is 134 g/mol. The summed E-state index contributed by atoms with van der Waals surface area (Å²) in [5, 5.41) is 8.63. The van der Waals surface area contributed by atoms with E-state index in [9.17, 15) is 4.79 Å². The smallest absolute Gasteiger partial charge is 0.217 e. The Morgan fingerprint density at radius 2 is 2.00 bits per heavy atom. The number of carbonyl (C=O) groups excluding carboxylic acids is 1. The van der Waals surface area contributed by atoms with Gasteiger partial charge in [-0.25, -0.2) is 0 Å². The summed E-state index contributed by atoms with van der Waals surface area (Å²) in [5.74, 6) is -0.434. The normalized spacial score (nSPS) is 16.3. The van der Waals surface area contributed by atoms with Crippen LogP contribution in [0.1, 0.15) is 12.8 Å². The molecule has 0 aromatic heterocycles. The summed E-state index contributed by atoms with van der Waals surface area (Å²) in [6.45, 7) is 0. The molecule has 0 fully saturated rings. The zero-order chi connectivity index (χ0) is 8.15. The Labute approximate surface area is 59.2 Å². The van der Waals surface area contributed by atoms with E-state index in [1.807, 2.05) is 0 Å². The lowest BCUT2D eigenvalue weighted by Gasteiger charge is -2.12. The zero-order valence-electron chi connectivity index (χ0n) is 5.66. The lowest BCUT2D eigenvalue weighted by Crippen LogP contribution is -2.41. The van der Waals surface area contributed by atoms with Crippen LogP contribution in [-0.4, -0.2) is 23.3 Å². The highest BCUT2D eigenvalue weighted by atomic mass is 16.3. The van der Waals surface area contributed by atoms with Crippen LogP contribution in [0.3, 0.4) is 0 Å². The van der Waals surface area contributed by atoms with Crippen LogP contribution in [-0.2, 0) is 4.79 Å². The van der Waals surface area contributed by atoms with Gasteiger partial charge in [-0.2, -0.15) is 0 Å². The lowest BCUT2D eigenvalue weighted by atomic mass is 10.1. The van der Waals surface area contributed by atoms with E-state index < -0.39 is 18.2 Å². The van der Waals surface area contributed by atoms with Crippen molar-refractivity contribution in [2.24, 2.45) is 17.2 Å². The van der Waals surface area contributed by atoms with E-state index in [1.165, 1.54) is 0 Å². The maximum atomic E-state index is 10.2. The number of primary amides is 1. The fraction of sp³-hybridized carbons (Fsp3) is 0.800. The molecule has 0 aromatic carbocycles. The van der Waals surface area contributed by atoms with Crippen molar-refractivity contribution in [2.45, 2.75) is 25.1 Å². The maximum absolute atomic E-state index is 10.2. The average molecular weight is 147 g/mol. The number of aliphatic hydroxyl groups excluding tert-OH is 1. The van der Waals surface area contributed by atoms with Gasteiger partial charge in [-0.05, 0) is 6.42 Å². The zero-order valence-corrected chi connectivity index (χ0v) is 5.66. The predicted octanol–water partition coefficient (Wildman–Crippen LogP) is -2.14. The van der Waals surface area contributed by atoms with E-state index >= 15 is 0 Å². The molecule has 0 aliphatic carbocycles. The summed E-state index contributed by atoms with van der Waals surface area (Å²) in [6, 6.07) is -0.563. The van der Waals surface area contributed by atoms with E-state index in [4.69, 9.17) is 22.3 Å². The van der Waals surface area contributed by atoms with Gasteiger partial charge in [0, 0.05) is 12.5 Å². The summed E-state index contributed by atoms with van der Waals surface area (Å²) in [5.41, 5.74) is 15.1. The highest BCUT2D eigenvalue weighted by Crippen LogP contribution is 1.94. The third kappa shape index (κ3) is 4.25. The van der Waals surface area contributed by atoms with Crippen molar-refractivity contribution in [1.29, 1.82) is 0 Å². The Morgan fingerprint density at radius 3 is 2.30 bits per heavy atom. The minimum Gasteiger partial charge on any atom is -0.377 e. The van der Waals surface area contributed by atoms with Crippen molar-refractivity contribution >= 4 is 5.91 Å². The number of aliphatic hydroxyl groups is 1. The first-order valence-electron chi connectivity index (χ1n) is 3.01. The number of hydrogen-bond donors (Lipinski definition) is 4. The molecule has 0 heterocycles. The van der Waals surface area contributed by atoms with Crippen LogP contribution >= 0.6 is 0 Å². The first-order chi connectivity index (χ1) is 4.54. The van der Waals surface area contributed by atoms with Gasteiger partial charge in [0.25, 0.3) is 0 Å². The van der Waals surface area contributed by atoms with Gasteiger partial charge in [-0.3, -0.25) is 4.79 Å². The third-order valence-corrected chi connectivity index (χ3v) is 1.16. The summed E-state index contributed by atoms with van der Waals surface area (Å²) in [7, 11) is 0. The second kappa shape index (κ2) is 4.21. The quantitative estimate of drug-likeness (QED) is 0.339. The molecule has 5 heteroatoms. The van der Waals surface area contributed by atoms with Gasteiger partial charge in [0.05, 0.1) is 0 Å². The summed E-state index contributed by atoms with van der Waals surface area (Å²) in [6.07, 6.45) is -0.582. The van der Waals surface area contributed by atoms with Crippen molar-refractivity contribution < 1.29 is 9.90 Å². The van der Waals surface area contributed by atoms with Crippen LogP contribution in [0.5, 0.6) is 0 Å². The number of rotatable bonds is 4. The summed E-state index contributed by atoms with van der Waals surface area (Å²) in [4.78, 5) is 10.2. The molecule has 0 spiro atoms. The molecule has 2 unspecified atom stereocenters. The van der Waals surface area contributed by atoms with Gasteiger partial charge in [-0.1, -0.05) is 0 Å². The van der Waals surface area contributed by atoms with Crippen molar-refractivity contribution in [3.05, 3.63) is 0 Å². The maximum Gasteiger partial charge on any atom is 0.217 e. The number of hydrogen-bond acceptors (Lipinski definition) is 4. The van der Waals surface area contributed by atoms with Crippen LogP contribution < -0.4 is 17.2 Å². The van der Waals surface area contributed by atoms with Crippen molar-refractivity contribution in [1.82, 2.24) is 0 Å². The highest BCUT2D eigenvalue weighted by molar-refractivity contribution is 5.73. The molecule has 0 aliphatic rings. The van der Waals surface area contributed by atoms with Gasteiger partial charge >= 0.3 is 0 Å². The van der Waals surface area contributed by atoms with Crippen LogP contribution in [0, 0.1) is 0 Å². The Hall–Kier alpha value is -0.650. The molecule has 0 radical (unpaired) electrons. The second-order valence-corrected chi connectivity index (χ2v) is 2.16. The topological polar surface area (TPSA) is 115 Å². The molecule has 7 N–H and O–H groups in total. The molecule has 0 aromatic rings. The van der Waals surface area contributed by atoms with Crippen LogP contribution in [0.4, 0.5) is 0 Å².